The Morgan fingerprint density at radius 1 is 1.42 bits per heavy atom. The van der Waals surface area contributed by atoms with Gasteiger partial charge >= 0.3 is 0 Å². The summed E-state index contributed by atoms with van der Waals surface area (Å²) < 4.78 is 10.4. The summed E-state index contributed by atoms with van der Waals surface area (Å²) >= 11 is 0. The van der Waals surface area contributed by atoms with Crippen LogP contribution in [0.2, 0.25) is 0 Å². The SMILES string of the molecule is CCC1CCC(N)(c2nc(CCCOC)no2)CC1. The number of methoxy groups -OCH3 is 1. The third-order valence-corrected chi connectivity index (χ3v) is 4.22. The lowest BCUT2D eigenvalue weighted by molar-refractivity contribution is 0.181. The fourth-order valence-electron chi connectivity index (χ4n) is 2.75. The first kappa shape index (κ1) is 14.5. The summed E-state index contributed by atoms with van der Waals surface area (Å²) in [6.07, 6.45) is 7.15. The molecule has 1 aromatic heterocycles. The zero-order chi connectivity index (χ0) is 13.7. The van der Waals surface area contributed by atoms with Crippen molar-refractivity contribution in [3.63, 3.8) is 0 Å². The number of rotatable bonds is 6. The fraction of sp³-hybridized carbons (Fsp3) is 0.857. The molecule has 0 spiro atoms. The lowest BCUT2D eigenvalue weighted by atomic mass is 9.76. The molecular weight excluding hydrogens is 242 g/mol. The highest BCUT2D eigenvalue weighted by molar-refractivity contribution is 5.04. The Labute approximate surface area is 114 Å². The van der Waals surface area contributed by atoms with E-state index < -0.39 is 5.54 Å². The number of hydrogen-bond acceptors (Lipinski definition) is 5. The molecule has 1 saturated carbocycles. The van der Waals surface area contributed by atoms with Crippen LogP contribution in [0, 0.1) is 5.92 Å². The van der Waals surface area contributed by atoms with Crippen LogP contribution in [0.4, 0.5) is 0 Å². The molecule has 19 heavy (non-hydrogen) atoms. The Balaban J connectivity index is 1.94. The van der Waals surface area contributed by atoms with Crippen molar-refractivity contribution in [3.8, 4) is 0 Å². The van der Waals surface area contributed by atoms with Crippen molar-refractivity contribution in [2.75, 3.05) is 13.7 Å². The van der Waals surface area contributed by atoms with Crippen LogP contribution in [-0.2, 0) is 16.7 Å². The number of nitrogens with two attached hydrogens (primary N) is 1. The highest BCUT2D eigenvalue weighted by Crippen LogP contribution is 2.37. The van der Waals surface area contributed by atoms with Gasteiger partial charge in [0.15, 0.2) is 5.82 Å². The highest BCUT2D eigenvalue weighted by Gasteiger charge is 2.37. The van der Waals surface area contributed by atoms with Crippen LogP contribution in [0.15, 0.2) is 4.52 Å². The van der Waals surface area contributed by atoms with Gasteiger partial charge in [0, 0.05) is 20.1 Å². The van der Waals surface area contributed by atoms with E-state index in [1.165, 1.54) is 6.42 Å². The summed E-state index contributed by atoms with van der Waals surface area (Å²) in [5, 5.41) is 4.03. The molecule has 108 valence electrons. The molecule has 1 aromatic rings. The standard InChI is InChI=1S/C14H25N3O2/c1-3-11-6-8-14(15,9-7-11)13-16-12(17-19-13)5-4-10-18-2/h11H,3-10,15H2,1-2H3. The molecule has 1 heterocycles. The summed E-state index contributed by atoms with van der Waals surface area (Å²) in [4.78, 5) is 4.47. The maximum absolute atomic E-state index is 6.44. The van der Waals surface area contributed by atoms with Crippen molar-refractivity contribution in [2.45, 2.75) is 57.4 Å². The average molecular weight is 267 g/mol. The molecule has 0 unspecified atom stereocenters. The smallest absolute Gasteiger partial charge is 0.246 e. The minimum atomic E-state index is -0.405. The minimum absolute atomic E-state index is 0.405. The van der Waals surface area contributed by atoms with E-state index in [1.807, 2.05) is 0 Å². The van der Waals surface area contributed by atoms with E-state index in [-0.39, 0.29) is 0 Å². The second kappa shape index (κ2) is 6.48. The Morgan fingerprint density at radius 3 is 2.79 bits per heavy atom. The van der Waals surface area contributed by atoms with Crippen LogP contribution in [-0.4, -0.2) is 23.9 Å². The molecule has 0 radical (unpaired) electrons. The number of nitrogens with zero attached hydrogens (tertiary/aromatic N) is 2. The van der Waals surface area contributed by atoms with Gasteiger partial charge in [-0.1, -0.05) is 18.5 Å². The van der Waals surface area contributed by atoms with Gasteiger partial charge in [-0.2, -0.15) is 4.98 Å². The largest absolute Gasteiger partial charge is 0.385 e. The molecule has 0 aromatic carbocycles. The summed E-state index contributed by atoms with van der Waals surface area (Å²) in [5.41, 5.74) is 6.04. The summed E-state index contributed by atoms with van der Waals surface area (Å²) in [5.74, 6) is 2.17. The molecule has 1 fully saturated rings. The van der Waals surface area contributed by atoms with Crippen LogP contribution >= 0.6 is 0 Å². The van der Waals surface area contributed by atoms with E-state index >= 15 is 0 Å². The molecule has 2 N–H and O–H groups in total. The van der Waals surface area contributed by atoms with Gasteiger partial charge in [0.25, 0.3) is 0 Å². The van der Waals surface area contributed by atoms with Gasteiger partial charge in [0.2, 0.25) is 5.89 Å². The average Bonchev–Trinajstić information content (AvgIpc) is 2.90. The summed E-state index contributed by atoms with van der Waals surface area (Å²) in [6.45, 7) is 2.96. The quantitative estimate of drug-likeness (QED) is 0.801. The third-order valence-electron chi connectivity index (χ3n) is 4.22. The number of aromatic nitrogens is 2. The van der Waals surface area contributed by atoms with Gasteiger partial charge in [-0.25, -0.2) is 0 Å². The van der Waals surface area contributed by atoms with E-state index in [4.69, 9.17) is 15.0 Å². The molecule has 0 saturated heterocycles. The predicted octanol–water partition coefficient (Wildman–Crippen LogP) is 2.40. The molecule has 0 amide bonds. The van der Waals surface area contributed by atoms with Crippen molar-refractivity contribution < 1.29 is 9.26 Å². The Bertz CT molecular complexity index is 384. The van der Waals surface area contributed by atoms with Gasteiger partial charge in [-0.05, 0) is 38.0 Å². The van der Waals surface area contributed by atoms with Crippen molar-refractivity contribution in [1.29, 1.82) is 0 Å². The second-order valence-electron chi connectivity index (χ2n) is 5.62. The molecular formula is C14H25N3O2. The first-order valence-corrected chi connectivity index (χ1v) is 7.29. The third kappa shape index (κ3) is 3.54. The van der Waals surface area contributed by atoms with Crippen molar-refractivity contribution in [2.24, 2.45) is 11.7 Å². The molecule has 0 aliphatic heterocycles. The fourth-order valence-corrected chi connectivity index (χ4v) is 2.75. The van der Waals surface area contributed by atoms with Gasteiger partial charge in [-0.3, -0.25) is 0 Å². The van der Waals surface area contributed by atoms with E-state index in [0.717, 1.165) is 56.9 Å². The van der Waals surface area contributed by atoms with Crippen LogP contribution < -0.4 is 5.73 Å². The highest BCUT2D eigenvalue weighted by atomic mass is 16.5. The molecule has 5 nitrogen and oxygen atoms in total. The monoisotopic (exact) mass is 267 g/mol. The topological polar surface area (TPSA) is 74.2 Å². The van der Waals surface area contributed by atoms with Gasteiger partial charge < -0.3 is 15.0 Å². The normalized spacial score (nSPS) is 27.6. The number of ether oxygens (including phenoxy) is 1. The summed E-state index contributed by atoms with van der Waals surface area (Å²) in [7, 11) is 1.70. The van der Waals surface area contributed by atoms with E-state index in [2.05, 4.69) is 17.1 Å². The van der Waals surface area contributed by atoms with Crippen LogP contribution in [0.1, 0.15) is 57.2 Å². The van der Waals surface area contributed by atoms with Crippen molar-refractivity contribution in [3.05, 3.63) is 11.7 Å². The number of hydrogen-bond donors (Lipinski definition) is 1. The van der Waals surface area contributed by atoms with Gasteiger partial charge in [0.05, 0.1) is 5.54 Å². The first-order chi connectivity index (χ1) is 9.18. The van der Waals surface area contributed by atoms with Crippen LogP contribution in [0.3, 0.4) is 0 Å². The molecule has 0 atom stereocenters. The van der Waals surface area contributed by atoms with E-state index in [9.17, 15) is 0 Å². The van der Waals surface area contributed by atoms with Crippen LogP contribution in [0.5, 0.6) is 0 Å². The lowest BCUT2D eigenvalue weighted by Crippen LogP contribution is -2.40. The zero-order valence-electron chi connectivity index (χ0n) is 12.0. The maximum Gasteiger partial charge on any atom is 0.246 e. The molecule has 1 aliphatic rings. The second-order valence-corrected chi connectivity index (χ2v) is 5.62. The summed E-state index contributed by atoms with van der Waals surface area (Å²) in [6, 6.07) is 0. The number of aryl methyl sites for hydroxylation is 1. The first-order valence-electron chi connectivity index (χ1n) is 7.29. The van der Waals surface area contributed by atoms with E-state index in [0.29, 0.717) is 5.89 Å². The Hall–Kier alpha value is -0.940. The van der Waals surface area contributed by atoms with E-state index in [1.54, 1.807) is 7.11 Å². The zero-order valence-corrected chi connectivity index (χ0v) is 12.0. The van der Waals surface area contributed by atoms with Crippen molar-refractivity contribution in [1.82, 2.24) is 10.1 Å². The lowest BCUT2D eigenvalue weighted by Gasteiger charge is -2.33. The van der Waals surface area contributed by atoms with Gasteiger partial charge in [0.1, 0.15) is 0 Å². The predicted molar refractivity (Wildman–Crippen MR) is 72.6 cm³/mol. The molecule has 2 rings (SSSR count). The Kier molecular flexibility index (Phi) is 4.93. The van der Waals surface area contributed by atoms with Gasteiger partial charge in [-0.15, -0.1) is 0 Å². The minimum Gasteiger partial charge on any atom is -0.385 e. The maximum atomic E-state index is 6.44. The Morgan fingerprint density at radius 2 is 2.16 bits per heavy atom. The van der Waals surface area contributed by atoms with Crippen molar-refractivity contribution >= 4 is 0 Å². The van der Waals surface area contributed by atoms with Crippen LogP contribution in [0.25, 0.3) is 0 Å². The molecule has 1 aliphatic carbocycles. The molecule has 0 bridgehead atoms. The molecule has 5 heteroatoms.